The molecule has 0 saturated carbocycles. The van der Waals surface area contributed by atoms with E-state index in [1.165, 1.54) is 4.88 Å². The molecule has 3 heterocycles. The molecule has 0 amide bonds. The van der Waals surface area contributed by atoms with Crippen LogP contribution in [0.4, 0.5) is 0 Å². The van der Waals surface area contributed by atoms with E-state index in [1.807, 2.05) is 66.1 Å². The molecular weight excluding hydrogens is 472 g/mol. The Labute approximate surface area is 213 Å². The Morgan fingerprint density at radius 1 is 1.00 bits per heavy atom. The lowest BCUT2D eigenvalue weighted by Gasteiger charge is -2.11. The minimum atomic E-state index is -0.938. The molecule has 2 aromatic heterocycles. The van der Waals surface area contributed by atoms with E-state index in [0.717, 1.165) is 38.5 Å². The van der Waals surface area contributed by atoms with E-state index in [1.54, 1.807) is 11.3 Å². The van der Waals surface area contributed by atoms with E-state index in [-0.39, 0.29) is 12.2 Å². The summed E-state index contributed by atoms with van der Waals surface area (Å²) in [5, 5.41) is 19.1. The van der Waals surface area contributed by atoms with Crippen molar-refractivity contribution in [2.24, 2.45) is 4.99 Å². The Morgan fingerprint density at radius 3 is 2.42 bits per heavy atom. The third-order valence-corrected chi connectivity index (χ3v) is 7.76. The summed E-state index contributed by atoms with van der Waals surface area (Å²) in [6, 6.07) is 16.7. The van der Waals surface area contributed by atoms with Gasteiger partial charge >= 0.3 is 5.97 Å². The fraction of sp³-hybridized carbons (Fsp3) is 0.250. The van der Waals surface area contributed by atoms with Crippen molar-refractivity contribution in [3.8, 4) is 5.00 Å². The van der Waals surface area contributed by atoms with Crippen LogP contribution in [0.25, 0.3) is 5.00 Å². The molecule has 1 aliphatic heterocycles. The van der Waals surface area contributed by atoms with E-state index < -0.39 is 12.0 Å². The summed E-state index contributed by atoms with van der Waals surface area (Å²) in [5.74, 6) is 0.435. The topological polar surface area (TPSA) is 97.4 Å². The molecule has 5 rings (SSSR count). The van der Waals surface area contributed by atoms with Crippen molar-refractivity contribution in [2.75, 3.05) is 0 Å². The predicted molar refractivity (Wildman–Crippen MR) is 140 cm³/mol. The van der Waals surface area contributed by atoms with E-state index in [4.69, 9.17) is 4.99 Å². The average Bonchev–Trinajstić information content (AvgIpc) is 3.35. The van der Waals surface area contributed by atoms with Gasteiger partial charge in [0.25, 0.3) is 0 Å². The number of Topliss-reactive ketones (excluding diaryl/α,β-unsaturated/α-hetero) is 1. The predicted octanol–water partition coefficient (Wildman–Crippen LogP) is 5.44. The van der Waals surface area contributed by atoms with Gasteiger partial charge in [0.1, 0.15) is 16.9 Å². The second-order valence-electron chi connectivity index (χ2n) is 8.98. The summed E-state index contributed by atoms with van der Waals surface area (Å²) in [6.45, 7) is 6.02. The third kappa shape index (κ3) is 4.40. The number of fused-ring (bicyclic) bond motifs is 3. The SMILES string of the molecule is Cc1sc2c(c1C)C(c1ccc(CCC(=O)c3ccccc3)cc1)=N[C@@H](CC(=O)O)c1nnc(C)n1-2. The van der Waals surface area contributed by atoms with Crippen LogP contribution in [-0.4, -0.2) is 37.3 Å². The van der Waals surface area contributed by atoms with Crippen molar-refractivity contribution in [1.29, 1.82) is 0 Å². The summed E-state index contributed by atoms with van der Waals surface area (Å²) in [4.78, 5) is 30.3. The van der Waals surface area contributed by atoms with Crippen molar-refractivity contribution in [1.82, 2.24) is 14.8 Å². The maximum atomic E-state index is 12.5. The number of thiophene rings is 1. The first-order valence-corrected chi connectivity index (χ1v) is 12.6. The molecule has 0 saturated heterocycles. The van der Waals surface area contributed by atoms with Crippen LogP contribution in [0.5, 0.6) is 0 Å². The van der Waals surface area contributed by atoms with Crippen molar-refractivity contribution < 1.29 is 14.7 Å². The van der Waals surface area contributed by atoms with Gasteiger partial charge in [0.05, 0.1) is 12.1 Å². The molecule has 2 aromatic carbocycles. The van der Waals surface area contributed by atoms with Crippen LogP contribution in [0.3, 0.4) is 0 Å². The number of benzene rings is 2. The van der Waals surface area contributed by atoms with Crippen LogP contribution in [0.15, 0.2) is 59.6 Å². The number of ketones is 1. The van der Waals surface area contributed by atoms with Gasteiger partial charge in [-0.1, -0.05) is 54.6 Å². The van der Waals surface area contributed by atoms with Crippen LogP contribution in [0.2, 0.25) is 0 Å². The molecule has 4 aromatic rings. The highest BCUT2D eigenvalue weighted by atomic mass is 32.1. The van der Waals surface area contributed by atoms with Crippen molar-refractivity contribution in [3.63, 3.8) is 0 Å². The lowest BCUT2D eigenvalue weighted by atomic mass is 9.97. The first kappa shape index (κ1) is 23.8. The van der Waals surface area contributed by atoms with E-state index in [2.05, 4.69) is 24.0 Å². The number of rotatable bonds is 7. The molecule has 7 nitrogen and oxygen atoms in total. The molecule has 8 heteroatoms. The number of hydrogen-bond acceptors (Lipinski definition) is 6. The molecular formula is C28H26N4O3S. The number of carboxylic acid groups (broad SMARTS) is 1. The molecule has 0 aliphatic carbocycles. The highest BCUT2D eigenvalue weighted by Gasteiger charge is 2.32. The monoisotopic (exact) mass is 498 g/mol. The van der Waals surface area contributed by atoms with Crippen LogP contribution >= 0.6 is 11.3 Å². The summed E-state index contributed by atoms with van der Waals surface area (Å²) in [5.41, 5.74) is 5.55. The normalized spacial score (nSPS) is 14.5. The largest absolute Gasteiger partial charge is 0.481 e. The summed E-state index contributed by atoms with van der Waals surface area (Å²) in [7, 11) is 0. The van der Waals surface area contributed by atoms with Crippen molar-refractivity contribution in [3.05, 3.63) is 98.9 Å². The standard InChI is InChI=1S/C28H26N4O3S/c1-16-17(2)36-28-25(16)26(29-22(15-24(34)35)27-31-30-18(3)32(27)28)21-12-9-19(10-13-21)11-14-23(33)20-7-5-4-6-8-20/h4-10,12-13,22H,11,14-15H2,1-3H3,(H,34,35)/t22-/m0/s1. The Hall–Kier alpha value is -3.91. The number of carbonyl (C=O) groups is 2. The first-order chi connectivity index (χ1) is 17.3. The second kappa shape index (κ2) is 9.62. The van der Waals surface area contributed by atoms with Crippen LogP contribution in [-0.2, 0) is 11.2 Å². The molecule has 0 radical (unpaired) electrons. The fourth-order valence-electron chi connectivity index (χ4n) is 4.55. The third-order valence-electron chi connectivity index (χ3n) is 6.57. The number of aromatic nitrogens is 3. The highest BCUT2D eigenvalue weighted by molar-refractivity contribution is 7.15. The van der Waals surface area contributed by atoms with Gasteiger partial charge in [0, 0.05) is 28.0 Å². The van der Waals surface area contributed by atoms with Crippen LogP contribution in [0, 0.1) is 20.8 Å². The fourth-order valence-corrected chi connectivity index (χ4v) is 5.76. The molecule has 0 fully saturated rings. The zero-order chi connectivity index (χ0) is 25.4. The molecule has 182 valence electrons. The first-order valence-electron chi connectivity index (χ1n) is 11.8. The number of aliphatic carboxylic acids is 1. The average molecular weight is 499 g/mol. The Bertz CT molecular complexity index is 1480. The highest BCUT2D eigenvalue weighted by Crippen LogP contribution is 2.39. The smallest absolute Gasteiger partial charge is 0.306 e. The van der Waals surface area contributed by atoms with Gasteiger partial charge in [-0.05, 0) is 38.3 Å². The van der Waals surface area contributed by atoms with Gasteiger partial charge in [-0.2, -0.15) is 0 Å². The van der Waals surface area contributed by atoms with E-state index >= 15 is 0 Å². The number of nitrogens with zero attached hydrogens (tertiary/aromatic N) is 4. The Kier molecular flexibility index (Phi) is 6.36. The molecule has 1 aliphatic rings. The molecule has 1 atom stereocenters. The molecule has 0 unspecified atom stereocenters. The van der Waals surface area contributed by atoms with E-state index in [0.29, 0.717) is 24.5 Å². The van der Waals surface area contributed by atoms with Crippen molar-refractivity contribution in [2.45, 2.75) is 46.1 Å². The maximum Gasteiger partial charge on any atom is 0.306 e. The quantitative estimate of drug-likeness (QED) is 0.342. The number of aliphatic imine (C=N–C) groups is 1. The van der Waals surface area contributed by atoms with Crippen molar-refractivity contribution >= 4 is 28.8 Å². The van der Waals surface area contributed by atoms with Gasteiger partial charge in [0.2, 0.25) is 0 Å². The zero-order valence-corrected chi connectivity index (χ0v) is 21.2. The van der Waals surface area contributed by atoms with Crippen LogP contribution in [0.1, 0.15) is 68.0 Å². The lowest BCUT2D eigenvalue weighted by Crippen LogP contribution is -2.10. The summed E-state index contributed by atoms with van der Waals surface area (Å²) < 4.78 is 1.95. The van der Waals surface area contributed by atoms with Gasteiger partial charge in [-0.15, -0.1) is 21.5 Å². The minimum Gasteiger partial charge on any atom is -0.481 e. The minimum absolute atomic E-state index is 0.122. The number of carbonyl (C=O) groups excluding carboxylic acids is 1. The van der Waals surface area contributed by atoms with E-state index in [9.17, 15) is 14.7 Å². The Morgan fingerprint density at radius 2 is 1.72 bits per heavy atom. The van der Waals surface area contributed by atoms with Gasteiger partial charge in [-0.3, -0.25) is 19.1 Å². The summed E-state index contributed by atoms with van der Waals surface area (Å²) >= 11 is 1.64. The number of hydrogen-bond donors (Lipinski definition) is 1. The molecule has 0 bridgehead atoms. The molecule has 0 spiro atoms. The van der Waals surface area contributed by atoms with Gasteiger partial charge < -0.3 is 5.11 Å². The number of aryl methyl sites for hydroxylation is 3. The Balaban J connectivity index is 1.50. The second-order valence-corrected chi connectivity index (χ2v) is 10.2. The zero-order valence-electron chi connectivity index (χ0n) is 20.4. The summed E-state index contributed by atoms with van der Waals surface area (Å²) in [6.07, 6.45) is 0.907. The van der Waals surface area contributed by atoms with Gasteiger partial charge in [0.15, 0.2) is 11.6 Å². The molecule has 36 heavy (non-hydrogen) atoms. The molecule has 1 N–H and O–H groups in total. The number of carboxylic acids is 1. The van der Waals surface area contributed by atoms with Crippen LogP contribution < -0.4 is 0 Å². The van der Waals surface area contributed by atoms with Gasteiger partial charge in [-0.25, -0.2) is 0 Å². The maximum absolute atomic E-state index is 12.5. The lowest BCUT2D eigenvalue weighted by molar-refractivity contribution is -0.137.